The van der Waals surface area contributed by atoms with Crippen LogP contribution in [-0.4, -0.2) is 20.1 Å². The van der Waals surface area contributed by atoms with Crippen molar-refractivity contribution in [1.29, 1.82) is 0 Å². The normalized spacial score (nSPS) is 11.1. The van der Waals surface area contributed by atoms with E-state index in [-0.39, 0.29) is 5.75 Å². The molecule has 0 unspecified atom stereocenters. The fraction of sp³-hybridized carbons (Fsp3) is 0.333. The van der Waals surface area contributed by atoms with E-state index in [0.717, 1.165) is 17.1 Å². The summed E-state index contributed by atoms with van der Waals surface area (Å²) in [5.41, 5.74) is 8.43. The zero-order valence-corrected chi connectivity index (χ0v) is 9.96. The smallest absolute Gasteiger partial charge is 0.115 e. The third kappa shape index (κ3) is 2.14. The lowest BCUT2D eigenvalue weighted by atomic mass is 10.1. The summed E-state index contributed by atoms with van der Waals surface area (Å²) in [7, 11) is 0. The first-order valence-electron chi connectivity index (χ1n) is 5.57. The Morgan fingerprint density at radius 3 is 2.47 bits per heavy atom. The van der Waals surface area contributed by atoms with Crippen molar-refractivity contribution < 1.29 is 5.11 Å². The second kappa shape index (κ2) is 4.55. The lowest BCUT2D eigenvalue weighted by Crippen LogP contribution is -2.09. The maximum atomic E-state index is 9.25. The summed E-state index contributed by atoms with van der Waals surface area (Å²) in [5, 5.41) is 17.5. The average molecular weight is 232 g/mol. The van der Waals surface area contributed by atoms with Crippen LogP contribution >= 0.6 is 0 Å². The first-order chi connectivity index (χ1) is 8.13. The Morgan fingerprint density at radius 2 is 1.94 bits per heavy atom. The van der Waals surface area contributed by atoms with E-state index in [4.69, 9.17) is 5.73 Å². The van der Waals surface area contributed by atoms with Gasteiger partial charge in [-0.15, -0.1) is 5.10 Å². The second-order valence-corrected chi connectivity index (χ2v) is 4.21. The number of nitrogens with zero attached hydrogens (tertiary/aromatic N) is 3. The maximum Gasteiger partial charge on any atom is 0.115 e. The average Bonchev–Trinajstić information content (AvgIpc) is 2.73. The summed E-state index contributed by atoms with van der Waals surface area (Å²) in [5.74, 6) is 0.520. The number of aromatic nitrogens is 3. The molecule has 0 spiro atoms. The molecular formula is C12H16N4O. The first kappa shape index (κ1) is 11.6. The van der Waals surface area contributed by atoms with Crippen LogP contribution in [0.5, 0.6) is 5.75 Å². The summed E-state index contributed by atoms with van der Waals surface area (Å²) >= 11 is 0. The van der Waals surface area contributed by atoms with Crippen molar-refractivity contribution in [2.45, 2.75) is 26.3 Å². The monoisotopic (exact) mass is 232 g/mol. The van der Waals surface area contributed by atoms with Crippen molar-refractivity contribution >= 4 is 0 Å². The van der Waals surface area contributed by atoms with Crippen molar-refractivity contribution in [3.63, 3.8) is 0 Å². The molecule has 2 rings (SSSR count). The third-order valence-electron chi connectivity index (χ3n) is 2.63. The van der Waals surface area contributed by atoms with E-state index in [1.165, 1.54) is 0 Å². The molecule has 0 amide bonds. The predicted molar refractivity (Wildman–Crippen MR) is 65.0 cm³/mol. The number of benzene rings is 1. The lowest BCUT2D eigenvalue weighted by molar-refractivity contribution is 0.475. The van der Waals surface area contributed by atoms with Crippen molar-refractivity contribution in [1.82, 2.24) is 15.0 Å². The Morgan fingerprint density at radius 1 is 1.29 bits per heavy atom. The van der Waals surface area contributed by atoms with Gasteiger partial charge in [-0.05, 0) is 30.2 Å². The number of aromatic hydroxyl groups is 1. The van der Waals surface area contributed by atoms with Gasteiger partial charge in [0.25, 0.3) is 0 Å². The topological polar surface area (TPSA) is 77.0 Å². The van der Waals surface area contributed by atoms with Crippen molar-refractivity contribution in [2.24, 2.45) is 5.73 Å². The summed E-state index contributed by atoms with van der Waals surface area (Å²) in [4.78, 5) is 0. The molecule has 0 aliphatic heterocycles. The summed E-state index contributed by atoms with van der Waals surface area (Å²) in [6, 6.07) is 6.80. The molecule has 0 aliphatic carbocycles. The lowest BCUT2D eigenvalue weighted by Gasteiger charge is -2.07. The van der Waals surface area contributed by atoms with Gasteiger partial charge in [-0.25, -0.2) is 4.68 Å². The van der Waals surface area contributed by atoms with Crippen LogP contribution in [0.15, 0.2) is 24.3 Å². The molecule has 1 aromatic heterocycles. The molecule has 3 N–H and O–H groups in total. The van der Waals surface area contributed by atoms with E-state index in [1.807, 2.05) is 0 Å². The minimum absolute atomic E-state index is 0.229. The van der Waals surface area contributed by atoms with Crippen molar-refractivity contribution in [2.75, 3.05) is 0 Å². The second-order valence-electron chi connectivity index (χ2n) is 4.21. The molecule has 90 valence electrons. The van der Waals surface area contributed by atoms with Crippen molar-refractivity contribution in [3.05, 3.63) is 35.7 Å². The summed E-state index contributed by atoms with van der Waals surface area (Å²) in [6.07, 6.45) is 0. The summed E-state index contributed by atoms with van der Waals surface area (Å²) < 4.78 is 1.72. The highest BCUT2D eigenvalue weighted by molar-refractivity contribution is 5.38. The molecule has 2 aromatic rings. The van der Waals surface area contributed by atoms with Crippen LogP contribution in [-0.2, 0) is 6.54 Å². The number of nitrogens with two attached hydrogens (primary N) is 1. The van der Waals surface area contributed by atoms with Crippen LogP contribution in [0.2, 0.25) is 0 Å². The van der Waals surface area contributed by atoms with Gasteiger partial charge in [0.05, 0.1) is 17.1 Å². The Balaban J connectivity index is 2.48. The molecule has 0 atom stereocenters. The van der Waals surface area contributed by atoms with Crippen LogP contribution < -0.4 is 5.73 Å². The van der Waals surface area contributed by atoms with E-state index in [2.05, 4.69) is 24.2 Å². The highest BCUT2D eigenvalue weighted by Crippen LogP contribution is 2.20. The standard InChI is InChI=1S/C12H16N4O/c1-8(2)12-11(7-13)16(15-14-12)9-3-5-10(17)6-4-9/h3-6,8,17H,7,13H2,1-2H3. The van der Waals surface area contributed by atoms with Gasteiger partial charge in [-0.1, -0.05) is 19.1 Å². The molecule has 1 aromatic carbocycles. The number of rotatable bonds is 3. The van der Waals surface area contributed by atoms with Crippen LogP contribution in [0.25, 0.3) is 5.69 Å². The Kier molecular flexibility index (Phi) is 3.10. The number of hydrogen-bond donors (Lipinski definition) is 2. The number of hydrogen-bond acceptors (Lipinski definition) is 4. The Labute approximate surface area is 99.9 Å². The molecule has 1 heterocycles. The number of phenolic OH excluding ortho intramolecular Hbond substituents is 1. The van der Waals surface area contributed by atoms with Gasteiger partial charge >= 0.3 is 0 Å². The van der Waals surface area contributed by atoms with E-state index in [9.17, 15) is 5.11 Å². The zero-order valence-electron chi connectivity index (χ0n) is 9.96. The van der Waals surface area contributed by atoms with Crippen LogP contribution in [0.4, 0.5) is 0 Å². The fourth-order valence-corrected chi connectivity index (χ4v) is 1.75. The molecule has 0 saturated carbocycles. The molecule has 0 fully saturated rings. The van der Waals surface area contributed by atoms with Gasteiger partial charge in [0.1, 0.15) is 5.75 Å². The van der Waals surface area contributed by atoms with E-state index < -0.39 is 0 Å². The van der Waals surface area contributed by atoms with Gasteiger partial charge in [0.15, 0.2) is 0 Å². The number of phenols is 1. The third-order valence-corrected chi connectivity index (χ3v) is 2.63. The van der Waals surface area contributed by atoms with E-state index in [0.29, 0.717) is 12.5 Å². The van der Waals surface area contributed by atoms with Crippen LogP contribution in [0.1, 0.15) is 31.2 Å². The molecule has 0 bridgehead atoms. The molecule has 0 aliphatic rings. The van der Waals surface area contributed by atoms with Gasteiger partial charge < -0.3 is 10.8 Å². The van der Waals surface area contributed by atoms with E-state index in [1.54, 1.807) is 28.9 Å². The maximum absolute atomic E-state index is 9.25. The first-order valence-corrected chi connectivity index (χ1v) is 5.57. The zero-order chi connectivity index (χ0) is 12.4. The molecule has 5 nitrogen and oxygen atoms in total. The highest BCUT2D eigenvalue weighted by Gasteiger charge is 2.15. The van der Waals surface area contributed by atoms with Gasteiger partial charge in [0, 0.05) is 6.54 Å². The molecule has 0 saturated heterocycles. The molecular weight excluding hydrogens is 216 g/mol. The molecule has 17 heavy (non-hydrogen) atoms. The van der Waals surface area contributed by atoms with E-state index >= 15 is 0 Å². The Bertz CT molecular complexity index is 502. The van der Waals surface area contributed by atoms with Crippen LogP contribution in [0.3, 0.4) is 0 Å². The quantitative estimate of drug-likeness (QED) is 0.841. The fourth-order valence-electron chi connectivity index (χ4n) is 1.75. The molecule has 5 heteroatoms. The summed E-state index contributed by atoms with van der Waals surface area (Å²) in [6.45, 7) is 4.51. The largest absolute Gasteiger partial charge is 0.508 e. The van der Waals surface area contributed by atoms with Crippen LogP contribution in [0, 0.1) is 0 Å². The minimum atomic E-state index is 0.229. The Hall–Kier alpha value is -1.88. The highest BCUT2D eigenvalue weighted by atomic mass is 16.3. The SMILES string of the molecule is CC(C)c1nnn(-c2ccc(O)cc2)c1CN. The minimum Gasteiger partial charge on any atom is -0.508 e. The molecule has 0 radical (unpaired) electrons. The van der Waals surface area contributed by atoms with Gasteiger partial charge in [0.2, 0.25) is 0 Å². The van der Waals surface area contributed by atoms with Gasteiger partial charge in [-0.3, -0.25) is 0 Å². The predicted octanol–water partition coefficient (Wildman–Crippen LogP) is 1.55. The van der Waals surface area contributed by atoms with Crippen molar-refractivity contribution in [3.8, 4) is 11.4 Å². The van der Waals surface area contributed by atoms with Gasteiger partial charge in [-0.2, -0.15) is 0 Å².